The monoisotopic (exact) mass is 209 g/mol. The van der Waals surface area contributed by atoms with E-state index in [1.807, 2.05) is 6.20 Å². The molecule has 1 rings (SSSR count). The number of hydrogen-bond acceptors (Lipinski definition) is 2. The Morgan fingerprint density at radius 1 is 1.07 bits per heavy atom. The maximum Gasteiger partial charge on any atom is 0.119 e. The maximum absolute atomic E-state index is 5.34. The van der Waals surface area contributed by atoms with Crippen molar-refractivity contribution in [3.05, 3.63) is 24.4 Å². The molecule has 1 heterocycles. The van der Waals surface area contributed by atoms with Crippen LogP contribution in [0.5, 0.6) is 0 Å². The Morgan fingerprint density at radius 2 is 1.80 bits per heavy atom. The molecule has 0 bridgehead atoms. The SMILES string of the molecule is CCCCCCCCCC1=CNC=CO1. The third kappa shape index (κ3) is 6.21. The summed E-state index contributed by atoms with van der Waals surface area (Å²) in [7, 11) is 0. The summed E-state index contributed by atoms with van der Waals surface area (Å²) in [5.74, 6) is 1.06. The predicted octanol–water partition coefficient (Wildman–Crippen LogP) is 4.06. The first-order chi connectivity index (χ1) is 7.43. The molecule has 0 aromatic carbocycles. The second kappa shape index (κ2) is 8.39. The van der Waals surface area contributed by atoms with E-state index in [0.29, 0.717) is 0 Å². The van der Waals surface area contributed by atoms with E-state index in [1.54, 1.807) is 12.5 Å². The zero-order valence-corrected chi connectivity index (χ0v) is 9.80. The molecule has 1 aliphatic rings. The smallest absolute Gasteiger partial charge is 0.119 e. The van der Waals surface area contributed by atoms with Crippen LogP contribution in [0, 0.1) is 0 Å². The molecule has 2 nitrogen and oxygen atoms in total. The highest BCUT2D eigenvalue weighted by Gasteiger charge is 1.99. The number of allylic oxidation sites excluding steroid dienone is 1. The lowest BCUT2D eigenvalue weighted by atomic mass is 10.1. The standard InChI is InChI=1S/C13H23NO/c1-2-3-4-5-6-7-8-9-13-12-14-10-11-15-13/h10-12,14H,2-9H2,1H3. The van der Waals surface area contributed by atoms with E-state index < -0.39 is 0 Å². The summed E-state index contributed by atoms with van der Waals surface area (Å²) in [6.45, 7) is 2.26. The third-order valence-electron chi connectivity index (χ3n) is 2.65. The van der Waals surface area contributed by atoms with Crippen LogP contribution in [0.25, 0.3) is 0 Å². The first-order valence-electron chi connectivity index (χ1n) is 6.20. The van der Waals surface area contributed by atoms with Gasteiger partial charge in [0, 0.05) is 18.8 Å². The molecule has 0 spiro atoms. The van der Waals surface area contributed by atoms with Gasteiger partial charge in [0.1, 0.15) is 12.0 Å². The zero-order chi connectivity index (χ0) is 10.8. The maximum atomic E-state index is 5.34. The highest BCUT2D eigenvalue weighted by Crippen LogP contribution is 2.14. The first-order valence-corrected chi connectivity index (χ1v) is 6.20. The molecule has 1 aliphatic heterocycles. The van der Waals surface area contributed by atoms with Crippen molar-refractivity contribution in [1.29, 1.82) is 0 Å². The van der Waals surface area contributed by atoms with Crippen molar-refractivity contribution in [3.8, 4) is 0 Å². The summed E-state index contributed by atoms with van der Waals surface area (Å²) in [5, 5.41) is 3.04. The van der Waals surface area contributed by atoms with Crippen LogP contribution in [0.2, 0.25) is 0 Å². The van der Waals surface area contributed by atoms with Crippen LogP contribution in [-0.2, 0) is 4.74 Å². The van der Waals surface area contributed by atoms with Crippen LogP contribution in [0.15, 0.2) is 24.4 Å². The van der Waals surface area contributed by atoms with E-state index in [-0.39, 0.29) is 0 Å². The van der Waals surface area contributed by atoms with Gasteiger partial charge in [0.25, 0.3) is 0 Å². The molecule has 86 valence electrons. The molecule has 0 amide bonds. The van der Waals surface area contributed by atoms with Crippen LogP contribution in [0.1, 0.15) is 58.3 Å². The van der Waals surface area contributed by atoms with E-state index in [9.17, 15) is 0 Å². The summed E-state index contributed by atoms with van der Waals surface area (Å²) in [6.07, 6.45) is 16.0. The second-order valence-electron chi connectivity index (χ2n) is 4.07. The van der Waals surface area contributed by atoms with Crippen LogP contribution in [0.3, 0.4) is 0 Å². The van der Waals surface area contributed by atoms with Gasteiger partial charge >= 0.3 is 0 Å². The minimum atomic E-state index is 1.06. The largest absolute Gasteiger partial charge is 0.466 e. The minimum absolute atomic E-state index is 1.06. The van der Waals surface area contributed by atoms with Gasteiger partial charge in [-0.15, -0.1) is 0 Å². The molecule has 15 heavy (non-hydrogen) atoms. The summed E-state index contributed by atoms with van der Waals surface area (Å²) in [5.41, 5.74) is 0. The quantitative estimate of drug-likeness (QED) is 0.609. The van der Waals surface area contributed by atoms with Gasteiger partial charge in [0.2, 0.25) is 0 Å². The molecule has 0 saturated carbocycles. The first kappa shape index (κ1) is 12.2. The van der Waals surface area contributed by atoms with Gasteiger partial charge < -0.3 is 10.1 Å². The molecule has 0 fully saturated rings. The molecule has 0 unspecified atom stereocenters. The average molecular weight is 209 g/mol. The van der Waals surface area contributed by atoms with Crippen LogP contribution >= 0.6 is 0 Å². The Morgan fingerprint density at radius 3 is 2.47 bits per heavy atom. The highest BCUT2D eigenvalue weighted by atomic mass is 16.5. The second-order valence-corrected chi connectivity index (χ2v) is 4.07. The Hall–Kier alpha value is -0.920. The fourth-order valence-electron chi connectivity index (χ4n) is 1.72. The Kier molecular flexibility index (Phi) is 6.80. The van der Waals surface area contributed by atoms with E-state index in [1.165, 1.54) is 44.9 Å². The highest BCUT2D eigenvalue weighted by molar-refractivity contribution is 5.00. The van der Waals surface area contributed by atoms with Gasteiger partial charge in [-0.25, -0.2) is 0 Å². The average Bonchev–Trinajstić information content (AvgIpc) is 2.29. The fourth-order valence-corrected chi connectivity index (χ4v) is 1.72. The fraction of sp³-hybridized carbons (Fsp3) is 0.692. The number of hydrogen-bond donors (Lipinski definition) is 1. The number of nitrogens with one attached hydrogen (secondary N) is 1. The van der Waals surface area contributed by atoms with Crippen molar-refractivity contribution in [1.82, 2.24) is 5.32 Å². The molecule has 0 aromatic rings. The topological polar surface area (TPSA) is 21.3 Å². The van der Waals surface area contributed by atoms with Gasteiger partial charge in [-0.2, -0.15) is 0 Å². The molecule has 0 aromatic heterocycles. The molecule has 0 radical (unpaired) electrons. The number of ether oxygens (including phenoxy) is 1. The number of unbranched alkanes of at least 4 members (excludes halogenated alkanes) is 6. The van der Waals surface area contributed by atoms with E-state index in [0.717, 1.165) is 12.2 Å². The minimum Gasteiger partial charge on any atom is -0.466 e. The number of rotatable bonds is 8. The van der Waals surface area contributed by atoms with Crippen molar-refractivity contribution < 1.29 is 4.74 Å². The summed E-state index contributed by atoms with van der Waals surface area (Å²) >= 11 is 0. The van der Waals surface area contributed by atoms with Crippen molar-refractivity contribution in [2.24, 2.45) is 0 Å². The summed E-state index contributed by atoms with van der Waals surface area (Å²) in [6, 6.07) is 0. The lowest BCUT2D eigenvalue weighted by molar-refractivity contribution is 0.316. The van der Waals surface area contributed by atoms with E-state index in [4.69, 9.17) is 4.74 Å². The van der Waals surface area contributed by atoms with Gasteiger partial charge in [-0.3, -0.25) is 0 Å². The Bertz CT molecular complexity index is 209. The Labute approximate surface area is 93.4 Å². The molecule has 0 atom stereocenters. The van der Waals surface area contributed by atoms with Crippen LogP contribution in [-0.4, -0.2) is 0 Å². The predicted molar refractivity (Wildman–Crippen MR) is 64.1 cm³/mol. The van der Waals surface area contributed by atoms with Gasteiger partial charge in [-0.1, -0.05) is 45.4 Å². The van der Waals surface area contributed by atoms with Crippen molar-refractivity contribution in [2.75, 3.05) is 0 Å². The molecular formula is C13H23NO. The molecule has 0 aliphatic carbocycles. The molecule has 0 saturated heterocycles. The van der Waals surface area contributed by atoms with Crippen LogP contribution in [0.4, 0.5) is 0 Å². The van der Waals surface area contributed by atoms with Crippen molar-refractivity contribution in [3.63, 3.8) is 0 Å². The van der Waals surface area contributed by atoms with Crippen molar-refractivity contribution in [2.45, 2.75) is 58.3 Å². The zero-order valence-electron chi connectivity index (χ0n) is 9.80. The van der Waals surface area contributed by atoms with Gasteiger partial charge in [-0.05, 0) is 6.42 Å². The van der Waals surface area contributed by atoms with Gasteiger partial charge in [0.05, 0.1) is 0 Å². The van der Waals surface area contributed by atoms with Crippen molar-refractivity contribution >= 4 is 0 Å². The lowest BCUT2D eigenvalue weighted by Gasteiger charge is -2.10. The van der Waals surface area contributed by atoms with E-state index >= 15 is 0 Å². The molecule has 1 N–H and O–H groups in total. The summed E-state index contributed by atoms with van der Waals surface area (Å²) < 4.78 is 5.34. The normalized spacial score (nSPS) is 14.3. The summed E-state index contributed by atoms with van der Waals surface area (Å²) in [4.78, 5) is 0. The van der Waals surface area contributed by atoms with Gasteiger partial charge in [0.15, 0.2) is 0 Å². The molecule has 2 heteroatoms. The third-order valence-corrected chi connectivity index (χ3v) is 2.65. The Balaban J connectivity index is 1.86. The van der Waals surface area contributed by atoms with Crippen LogP contribution < -0.4 is 5.32 Å². The molecular weight excluding hydrogens is 186 g/mol. The lowest BCUT2D eigenvalue weighted by Crippen LogP contribution is -2.02. The van der Waals surface area contributed by atoms with E-state index in [2.05, 4.69) is 12.2 Å².